The number of halogens is 3. The van der Waals surface area contributed by atoms with Crippen LogP contribution in [0.2, 0.25) is 5.02 Å². The van der Waals surface area contributed by atoms with Crippen molar-refractivity contribution in [2.45, 2.75) is 44.8 Å². The standard InChI is InChI=1S/C22H22ClF2NO4/c1-13(2)22(24,25)12-15-8-6-14(7-9-15)10-18-19(16-4-3-5-17(23)11-16)30-21(29)26(18)20(27)28/h3-9,11,13,18-19H,10,12H2,1-2H3,(H,27,28). The minimum Gasteiger partial charge on any atom is -0.465 e. The van der Waals surface area contributed by atoms with Crippen molar-refractivity contribution in [2.75, 3.05) is 0 Å². The molecular weight excluding hydrogens is 416 g/mol. The van der Waals surface area contributed by atoms with Gasteiger partial charge in [0.05, 0.1) is 6.04 Å². The molecule has 2 aromatic carbocycles. The summed E-state index contributed by atoms with van der Waals surface area (Å²) in [5.74, 6) is -3.59. The van der Waals surface area contributed by atoms with Crippen LogP contribution in [0.25, 0.3) is 0 Å². The van der Waals surface area contributed by atoms with E-state index in [-0.39, 0.29) is 12.8 Å². The number of rotatable bonds is 6. The number of carboxylic acid groups (broad SMARTS) is 1. The van der Waals surface area contributed by atoms with Gasteiger partial charge in [0, 0.05) is 17.4 Å². The predicted molar refractivity (Wildman–Crippen MR) is 108 cm³/mol. The molecule has 30 heavy (non-hydrogen) atoms. The number of nitrogens with zero attached hydrogens (tertiary/aromatic N) is 1. The van der Waals surface area contributed by atoms with Gasteiger partial charge in [-0.05, 0) is 35.2 Å². The average molecular weight is 438 g/mol. The molecule has 1 aliphatic rings. The smallest absolute Gasteiger partial charge is 0.420 e. The first-order valence-electron chi connectivity index (χ1n) is 9.52. The largest absolute Gasteiger partial charge is 0.465 e. The summed E-state index contributed by atoms with van der Waals surface area (Å²) in [6, 6.07) is 12.4. The Balaban J connectivity index is 1.84. The van der Waals surface area contributed by atoms with Crippen LogP contribution in [0.1, 0.15) is 36.6 Å². The molecule has 1 aliphatic heterocycles. The zero-order chi connectivity index (χ0) is 22.1. The fraction of sp³-hybridized carbons (Fsp3) is 0.364. The Morgan fingerprint density at radius 1 is 1.20 bits per heavy atom. The molecule has 0 saturated carbocycles. The van der Waals surface area contributed by atoms with Crippen LogP contribution in [0.3, 0.4) is 0 Å². The summed E-state index contributed by atoms with van der Waals surface area (Å²) in [6.45, 7) is 2.95. The van der Waals surface area contributed by atoms with Gasteiger partial charge >= 0.3 is 12.2 Å². The van der Waals surface area contributed by atoms with E-state index in [1.54, 1.807) is 48.5 Å². The van der Waals surface area contributed by atoms with Crippen LogP contribution < -0.4 is 0 Å². The summed E-state index contributed by atoms with van der Waals surface area (Å²) >= 11 is 6.03. The van der Waals surface area contributed by atoms with Crippen LogP contribution in [0.4, 0.5) is 18.4 Å². The molecule has 1 saturated heterocycles. The van der Waals surface area contributed by atoms with E-state index in [9.17, 15) is 23.5 Å². The first kappa shape index (κ1) is 22.0. The third kappa shape index (κ3) is 4.73. The average Bonchev–Trinajstić information content (AvgIpc) is 2.99. The van der Waals surface area contributed by atoms with Gasteiger partial charge in [-0.15, -0.1) is 0 Å². The molecule has 2 unspecified atom stereocenters. The molecule has 1 heterocycles. The Kier molecular flexibility index (Phi) is 6.31. The van der Waals surface area contributed by atoms with Crippen molar-refractivity contribution < 1.29 is 28.2 Å². The van der Waals surface area contributed by atoms with E-state index in [1.165, 1.54) is 13.8 Å². The maximum Gasteiger partial charge on any atom is 0.420 e. The number of hydrogen-bond donors (Lipinski definition) is 1. The summed E-state index contributed by atoms with van der Waals surface area (Å²) in [7, 11) is 0. The third-order valence-electron chi connectivity index (χ3n) is 5.24. The van der Waals surface area contributed by atoms with Gasteiger partial charge in [-0.1, -0.05) is 61.8 Å². The molecule has 0 spiro atoms. The van der Waals surface area contributed by atoms with E-state index in [0.717, 1.165) is 0 Å². The molecule has 160 valence electrons. The zero-order valence-corrected chi connectivity index (χ0v) is 17.3. The summed E-state index contributed by atoms with van der Waals surface area (Å²) in [5.41, 5.74) is 1.77. The van der Waals surface area contributed by atoms with Gasteiger partial charge in [0.15, 0.2) is 6.10 Å². The van der Waals surface area contributed by atoms with E-state index in [2.05, 4.69) is 0 Å². The topological polar surface area (TPSA) is 66.8 Å². The summed E-state index contributed by atoms with van der Waals surface area (Å²) < 4.78 is 33.3. The monoisotopic (exact) mass is 437 g/mol. The van der Waals surface area contributed by atoms with Crippen molar-refractivity contribution in [3.8, 4) is 0 Å². The Morgan fingerprint density at radius 3 is 2.40 bits per heavy atom. The molecular formula is C22H22ClF2NO4. The van der Waals surface area contributed by atoms with Crippen LogP contribution in [0, 0.1) is 5.92 Å². The molecule has 0 aromatic heterocycles. The molecule has 2 atom stereocenters. The minimum absolute atomic E-state index is 0.177. The minimum atomic E-state index is -2.81. The van der Waals surface area contributed by atoms with Gasteiger partial charge in [0.1, 0.15) is 0 Å². The van der Waals surface area contributed by atoms with Crippen molar-refractivity contribution in [3.63, 3.8) is 0 Å². The molecule has 1 fully saturated rings. The Hall–Kier alpha value is -2.67. The summed E-state index contributed by atoms with van der Waals surface area (Å²) in [5, 5.41) is 9.93. The highest BCUT2D eigenvalue weighted by molar-refractivity contribution is 6.30. The maximum atomic E-state index is 14.0. The lowest BCUT2D eigenvalue weighted by molar-refractivity contribution is -0.0439. The van der Waals surface area contributed by atoms with Gasteiger partial charge in [-0.3, -0.25) is 0 Å². The Bertz CT molecular complexity index is 933. The molecule has 0 bridgehead atoms. The van der Waals surface area contributed by atoms with Gasteiger partial charge in [-0.2, -0.15) is 0 Å². The maximum absolute atomic E-state index is 14.0. The van der Waals surface area contributed by atoms with Gasteiger partial charge in [0.25, 0.3) is 5.92 Å². The lowest BCUT2D eigenvalue weighted by Crippen LogP contribution is -2.39. The highest BCUT2D eigenvalue weighted by Crippen LogP contribution is 2.36. The molecule has 0 aliphatic carbocycles. The van der Waals surface area contributed by atoms with Crippen molar-refractivity contribution in [3.05, 3.63) is 70.2 Å². The molecule has 1 N–H and O–H groups in total. The molecule has 2 amide bonds. The van der Waals surface area contributed by atoms with E-state index in [0.29, 0.717) is 26.6 Å². The summed E-state index contributed by atoms with van der Waals surface area (Å²) in [4.78, 5) is 24.5. The number of ether oxygens (including phenoxy) is 1. The van der Waals surface area contributed by atoms with E-state index in [4.69, 9.17) is 16.3 Å². The van der Waals surface area contributed by atoms with E-state index in [1.807, 2.05) is 0 Å². The quantitative estimate of drug-likeness (QED) is 0.605. The Labute approximate surface area is 178 Å². The van der Waals surface area contributed by atoms with Crippen LogP contribution in [-0.2, 0) is 17.6 Å². The van der Waals surface area contributed by atoms with Crippen LogP contribution in [-0.4, -0.2) is 34.2 Å². The van der Waals surface area contributed by atoms with Crippen molar-refractivity contribution in [1.82, 2.24) is 4.90 Å². The number of amides is 2. The highest BCUT2D eigenvalue weighted by Gasteiger charge is 2.46. The van der Waals surface area contributed by atoms with Gasteiger partial charge in [-0.25, -0.2) is 23.3 Å². The normalized spacial score (nSPS) is 19.3. The highest BCUT2D eigenvalue weighted by atomic mass is 35.5. The van der Waals surface area contributed by atoms with Crippen LogP contribution >= 0.6 is 11.6 Å². The van der Waals surface area contributed by atoms with Gasteiger partial charge in [0.2, 0.25) is 0 Å². The lowest BCUT2D eigenvalue weighted by atomic mass is 9.94. The number of imide groups is 1. The second-order valence-electron chi connectivity index (χ2n) is 7.69. The summed E-state index contributed by atoms with van der Waals surface area (Å²) in [6.07, 6.45) is -3.39. The SMILES string of the molecule is CC(C)C(F)(F)Cc1ccc(CC2C(c3cccc(Cl)c3)OC(=O)N2C(=O)O)cc1. The van der Waals surface area contributed by atoms with Crippen molar-refractivity contribution in [2.24, 2.45) is 5.92 Å². The molecule has 5 nitrogen and oxygen atoms in total. The van der Waals surface area contributed by atoms with Crippen LogP contribution in [0.5, 0.6) is 0 Å². The third-order valence-corrected chi connectivity index (χ3v) is 5.48. The van der Waals surface area contributed by atoms with E-state index >= 15 is 0 Å². The fourth-order valence-electron chi connectivity index (χ4n) is 3.42. The second kappa shape index (κ2) is 8.60. The number of alkyl halides is 2. The Morgan fingerprint density at radius 2 is 1.83 bits per heavy atom. The van der Waals surface area contributed by atoms with E-state index < -0.39 is 36.2 Å². The fourth-order valence-corrected chi connectivity index (χ4v) is 3.62. The zero-order valence-electron chi connectivity index (χ0n) is 16.5. The molecule has 8 heteroatoms. The van der Waals surface area contributed by atoms with Crippen molar-refractivity contribution >= 4 is 23.8 Å². The number of carbonyl (C=O) groups excluding carboxylic acids is 1. The number of benzene rings is 2. The van der Waals surface area contributed by atoms with Gasteiger partial charge < -0.3 is 9.84 Å². The predicted octanol–water partition coefficient (Wildman–Crippen LogP) is 5.96. The first-order chi connectivity index (χ1) is 14.1. The number of hydrogen-bond acceptors (Lipinski definition) is 3. The molecule has 0 radical (unpaired) electrons. The number of carbonyl (C=O) groups is 2. The lowest BCUT2D eigenvalue weighted by Gasteiger charge is -2.22. The second-order valence-corrected chi connectivity index (χ2v) is 8.13. The number of cyclic esters (lactones) is 1. The van der Waals surface area contributed by atoms with Crippen LogP contribution in [0.15, 0.2) is 48.5 Å². The molecule has 2 aromatic rings. The first-order valence-corrected chi connectivity index (χ1v) is 9.90. The van der Waals surface area contributed by atoms with Crippen molar-refractivity contribution in [1.29, 1.82) is 0 Å². The molecule has 3 rings (SSSR count).